The molecule has 1 rings (SSSR count). The maximum Gasteiger partial charge on any atom is 0.121 e. The third-order valence-corrected chi connectivity index (χ3v) is 1.80. The Bertz CT molecular complexity index is 224. The van der Waals surface area contributed by atoms with Crippen molar-refractivity contribution in [1.29, 1.82) is 0 Å². The van der Waals surface area contributed by atoms with Crippen molar-refractivity contribution >= 4 is 0 Å². The topological polar surface area (TPSA) is 20.2 Å². The van der Waals surface area contributed by atoms with Crippen LogP contribution in [0, 0.1) is 26.8 Å². The Kier molecular flexibility index (Phi) is 1.66. The highest BCUT2D eigenvalue weighted by molar-refractivity contribution is 5.42. The largest absolute Gasteiger partial charge is 0.507 e. The molecule has 0 aliphatic carbocycles. The SMILES string of the molecule is Cc1[c]cc(C)c(O)c1C. The molecule has 0 aliphatic heterocycles. The van der Waals surface area contributed by atoms with Gasteiger partial charge in [-0.3, -0.25) is 0 Å². The summed E-state index contributed by atoms with van der Waals surface area (Å²) >= 11 is 0. The van der Waals surface area contributed by atoms with E-state index in [0.29, 0.717) is 5.75 Å². The molecule has 1 nitrogen and oxygen atoms in total. The van der Waals surface area contributed by atoms with Crippen molar-refractivity contribution in [3.05, 3.63) is 28.8 Å². The molecule has 1 radical (unpaired) electrons. The van der Waals surface area contributed by atoms with Gasteiger partial charge in [0.2, 0.25) is 0 Å². The highest BCUT2D eigenvalue weighted by Crippen LogP contribution is 2.22. The second-order valence-electron chi connectivity index (χ2n) is 2.57. The molecule has 0 heterocycles. The van der Waals surface area contributed by atoms with Gasteiger partial charge in [-0.25, -0.2) is 0 Å². The van der Waals surface area contributed by atoms with E-state index in [9.17, 15) is 5.11 Å². The molecule has 0 fully saturated rings. The summed E-state index contributed by atoms with van der Waals surface area (Å²) in [6.45, 7) is 5.71. The van der Waals surface area contributed by atoms with E-state index in [4.69, 9.17) is 0 Å². The first kappa shape index (κ1) is 7.13. The van der Waals surface area contributed by atoms with Crippen LogP contribution < -0.4 is 0 Å². The Balaban J connectivity index is 3.34. The van der Waals surface area contributed by atoms with Crippen LogP contribution in [0.15, 0.2) is 6.07 Å². The molecule has 10 heavy (non-hydrogen) atoms. The number of benzene rings is 1. The maximum absolute atomic E-state index is 9.37. The van der Waals surface area contributed by atoms with Gasteiger partial charge in [0, 0.05) is 0 Å². The van der Waals surface area contributed by atoms with E-state index in [1.165, 1.54) is 0 Å². The number of rotatable bonds is 0. The average Bonchev–Trinajstić information content (AvgIpc) is 1.93. The summed E-state index contributed by atoms with van der Waals surface area (Å²) in [5.41, 5.74) is 2.84. The van der Waals surface area contributed by atoms with Crippen LogP contribution in [0.5, 0.6) is 5.75 Å². The van der Waals surface area contributed by atoms with Gasteiger partial charge in [-0.2, -0.15) is 0 Å². The Morgan fingerprint density at radius 2 is 1.90 bits per heavy atom. The molecule has 0 saturated heterocycles. The molecule has 53 valence electrons. The zero-order valence-corrected chi connectivity index (χ0v) is 6.52. The molecule has 0 atom stereocenters. The van der Waals surface area contributed by atoms with Crippen LogP contribution in [0.2, 0.25) is 0 Å². The van der Waals surface area contributed by atoms with Crippen LogP contribution in [-0.2, 0) is 0 Å². The molecule has 1 N–H and O–H groups in total. The molecule has 0 saturated carbocycles. The molecule has 0 amide bonds. The van der Waals surface area contributed by atoms with Crippen molar-refractivity contribution in [2.24, 2.45) is 0 Å². The summed E-state index contributed by atoms with van der Waals surface area (Å²) in [6.07, 6.45) is 0. The molecular weight excluding hydrogens is 124 g/mol. The molecule has 0 spiro atoms. The molecule has 1 aromatic carbocycles. The Labute approximate surface area is 61.3 Å². The Hall–Kier alpha value is -0.980. The minimum atomic E-state index is 0.399. The molecule has 0 aromatic heterocycles. The van der Waals surface area contributed by atoms with Crippen LogP contribution in [0.3, 0.4) is 0 Å². The standard InChI is InChI=1S/C9H11O/c1-6-4-5-7(2)9(10)8(6)3/h5,10H,1-3H3. The summed E-state index contributed by atoms with van der Waals surface area (Å²) in [6, 6.07) is 4.85. The summed E-state index contributed by atoms with van der Waals surface area (Å²) in [7, 11) is 0. The van der Waals surface area contributed by atoms with E-state index in [0.717, 1.165) is 16.7 Å². The number of phenolic OH excluding ortho intramolecular Hbond substituents is 1. The van der Waals surface area contributed by atoms with Gasteiger partial charge in [0.1, 0.15) is 5.75 Å². The van der Waals surface area contributed by atoms with Gasteiger partial charge in [0.05, 0.1) is 0 Å². The molecular formula is C9H11O. The van der Waals surface area contributed by atoms with Gasteiger partial charge in [-0.1, -0.05) is 0 Å². The second kappa shape index (κ2) is 2.33. The second-order valence-corrected chi connectivity index (χ2v) is 2.57. The predicted molar refractivity (Wildman–Crippen MR) is 41.2 cm³/mol. The van der Waals surface area contributed by atoms with Crippen LogP contribution in [0.4, 0.5) is 0 Å². The third kappa shape index (κ3) is 0.991. The number of aromatic hydroxyl groups is 1. The fourth-order valence-electron chi connectivity index (χ4n) is 0.866. The summed E-state index contributed by atoms with van der Waals surface area (Å²) in [4.78, 5) is 0. The first-order valence-corrected chi connectivity index (χ1v) is 3.30. The first-order chi connectivity index (χ1) is 4.63. The number of aryl methyl sites for hydroxylation is 2. The van der Waals surface area contributed by atoms with Gasteiger partial charge < -0.3 is 5.11 Å². The summed E-state index contributed by atoms with van der Waals surface area (Å²) < 4.78 is 0. The van der Waals surface area contributed by atoms with Crippen molar-refractivity contribution in [3.8, 4) is 5.75 Å². The average molecular weight is 135 g/mol. The fourth-order valence-corrected chi connectivity index (χ4v) is 0.866. The lowest BCUT2D eigenvalue weighted by Gasteiger charge is -2.03. The van der Waals surface area contributed by atoms with Crippen molar-refractivity contribution in [1.82, 2.24) is 0 Å². The molecule has 0 unspecified atom stereocenters. The lowest BCUT2D eigenvalue weighted by molar-refractivity contribution is 0.466. The normalized spacial score (nSPS) is 9.90. The lowest BCUT2D eigenvalue weighted by atomic mass is 10.1. The van der Waals surface area contributed by atoms with Crippen LogP contribution in [-0.4, -0.2) is 5.11 Å². The lowest BCUT2D eigenvalue weighted by Crippen LogP contribution is -1.84. The summed E-state index contributed by atoms with van der Waals surface area (Å²) in [5, 5.41) is 9.37. The van der Waals surface area contributed by atoms with Gasteiger partial charge in [-0.05, 0) is 49.6 Å². The van der Waals surface area contributed by atoms with Crippen molar-refractivity contribution in [2.45, 2.75) is 20.8 Å². The van der Waals surface area contributed by atoms with E-state index in [2.05, 4.69) is 6.07 Å². The van der Waals surface area contributed by atoms with Crippen LogP contribution >= 0.6 is 0 Å². The number of hydrogen-bond donors (Lipinski definition) is 1. The molecule has 0 bridgehead atoms. The van der Waals surface area contributed by atoms with Crippen LogP contribution in [0.25, 0.3) is 0 Å². The van der Waals surface area contributed by atoms with E-state index in [-0.39, 0.29) is 0 Å². The fraction of sp³-hybridized carbons (Fsp3) is 0.333. The Morgan fingerprint density at radius 1 is 1.30 bits per heavy atom. The zero-order valence-electron chi connectivity index (χ0n) is 6.52. The van der Waals surface area contributed by atoms with Gasteiger partial charge in [0.15, 0.2) is 0 Å². The predicted octanol–water partition coefficient (Wildman–Crippen LogP) is 2.12. The van der Waals surface area contributed by atoms with E-state index in [1.54, 1.807) is 6.07 Å². The summed E-state index contributed by atoms with van der Waals surface area (Å²) in [5.74, 6) is 0.399. The van der Waals surface area contributed by atoms with E-state index < -0.39 is 0 Å². The monoisotopic (exact) mass is 135 g/mol. The molecule has 1 heteroatoms. The van der Waals surface area contributed by atoms with Gasteiger partial charge >= 0.3 is 0 Å². The van der Waals surface area contributed by atoms with Crippen molar-refractivity contribution < 1.29 is 5.11 Å². The molecule has 0 aliphatic rings. The number of hydrogen-bond acceptors (Lipinski definition) is 1. The van der Waals surface area contributed by atoms with Gasteiger partial charge in [-0.15, -0.1) is 0 Å². The van der Waals surface area contributed by atoms with Crippen LogP contribution in [0.1, 0.15) is 16.7 Å². The number of phenols is 1. The third-order valence-electron chi connectivity index (χ3n) is 1.80. The van der Waals surface area contributed by atoms with Crippen molar-refractivity contribution in [2.75, 3.05) is 0 Å². The highest BCUT2D eigenvalue weighted by Gasteiger charge is 2.00. The van der Waals surface area contributed by atoms with E-state index >= 15 is 0 Å². The minimum absolute atomic E-state index is 0.399. The quantitative estimate of drug-likeness (QED) is 0.577. The first-order valence-electron chi connectivity index (χ1n) is 3.30. The zero-order chi connectivity index (χ0) is 7.72. The minimum Gasteiger partial charge on any atom is -0.507 e. The van der Waals surface area contributed by atoms with Gasteiger partial charge in [0.25, 0.3) is 0 Å². The van der Waals surface area contributed by atoms with Crippen molar-refractivity contribution in [3.63, 3.8) is 0 Å². The maximum atomic E-state index is 9.37. The van der Waals surface area contributed by atoms with E-state index in [1.807, 2.05) is 20.8 Å². The highest BCUT2D eigenvalue weighted by atomic mass is 16.3. The smallest absolute Gasteiger partial charge is 0.121 e. The Morgan fingerprint density at radius 3 is 2.40 bits per heavy atom. The molecule has 1 aromatic rings.